The van der Waals surface area contributed by atoms with E-state index in [4.69, 9.17) is 10.8 Å². The van der Waals surface area contributed by atoms with E-state index in [9.17, 15) is 0 Å². The highest BCUT2D eigenvalue weighted by atomic mass is 15.3. The van der Waals surface area contributed by atoms with E-state index in [-0.39, 0.29) is 5.41 Å². The Kier molecular flexibility index (Phi) is 4.68. The van der Waals surface area contributed by atoms with Gasteiger partial charge in [-0.25, -0.2) is 15.8 Å². The summed E-state index contributed by atoms with van der Waals surface area (Å²) in [6, 6.07) is 0. The number of nitrogens with two attached hydrogens (primary N) is 1. The fraction of sp³-hybridized carbons (Fsp3) is 0.733. The molecule has 1 fully saturated rings. The van der Waals surface area contributed by atoms with Crippen LogP contribution in [0.3, 0.4) is 0 Å². The van der Waals surface area contributed by atoms with Gasteiger partial charge in [-0.05, 0) is 32.9 Å². The number of nitrogens with one attached hydrogen (secondary N) is 2. The van der Waals surface area contributed by atoms with Crippen LogP contribution in [0.4, 0.5) is 11.6 Å². The number of anilines is 2. The lowest BCUT2D eigenvalue weighted by molar-refractivity contribution is 0.399. The first-order chi connectivity index (χ1) is 9.81. The molecule has 21 heavy (non-hydrogen) atoms. The number of nitrogens with zero attached hydrogens (tertiary/aromatic N) is 3. The quantitative estimate of drug-likeness (QED) is 0.579. The van der Waals surface area contributed by atoms with Gasteiger partial charge in [0.2, 0.25) is 0 Å². The van der Waals surface area contributed by atoms with Crippen molar-refractivity contribution in [2.75, 3.05) is 37.4 Å². The van der Waals surface area contributed by atoms with Crippen molar-refractivity contribution in [1.82, 2.24) is 14.9 Å². The van der Waals surface area contributed by atoms with Crippen LogP contribution in [0.15, 0.2) is 0 Å². The summed E-state index contributed by atoms with van der Waals surface area (Å²) in [5, 5.41) is 3.49. The van der Waals surface area contributed by atoms with Crippen LogP contribution < -0.4 is 16.6 Å². The van der Waals surface area contributed by atoms with Gasteiger partial charge in [0.05, 0.1) is 0 Å². The summed E-state index contributed by atoms with van der Waals surface area (Å²) >= 11 is 0. The van der Waals surface area contributed by atoms with Gasteiger partial charge in [0.25, 0.3) is 0 Å². The van der Waals surface area contributed by atoms with E-state index in [2.05, 4.69) is 48.4 Å². The molecule has 0 radical (unpaired) electrons. The molecule has 1 aromatic rings. The summed E-state index contributed by atoms with van der Waals surface area (Å²) in [4.78, 5) is 11.6. The van der Waals surface area contributed by atoms with Crippen LogP contribution in [0.5, 0.6) is 0 Å². The second kappa shape index (κ2) is 6.15. The molecule has 6 heteroatoms. The van der Waals surface area contributed by atoms with E-state index >= 15 is 0 Å². The predicted octanol–water partition coefficient (Wildman–Crippen LogP) is 1.73. The molecule has 0 aliphatic carbocycles. The molecule has 1 aliphatic rings. The van der Waals surface area contributed by atoms with Gasteiger partial charge in [-0.1, -0.05) is 20.8 Å². The summed E-state index contributed by atoms with van der Waals surface area (Å²) in [7, 11) is 2.17. The first kappa shape index (κ1) is 16.0. The van der Waals surface area contributed by atoms with Crippen LogP contribution in [-0.2, 0) is 5.41 Å². The van der Waals surface area contributed by atoms with Crippen LogP contribution in [-0.4, -0.2) is 41.5 Å². The van der Waals surface area contributed by atoms with E-state index < -0.39 is 0 Å². The van der Waals surface area contributed by atoms with Crippen molar-refractivity contribution in [1.29, 1.82) is 0 Å². The second-order valence-corrected chi connectivity index (χ2v) is 7.06. The third-order valence-electron chi connectivity index (χ3n) is 4.00. The molecule has 0 bridgehead atoms. The number of likely N-dealkylation sites (tertiary alicyclic amines) is 1. The minimum absolute atomic E-state index is 0.108. The first-order valence-electron chi connectivity index (χ1n) is 7.59. The average Bonchev–Trinajstić information content (AvgIpc) is 2.82. The average molecular weight is 292 g/mol. The second-order valence-electron chi connectivity index (χ2n) is 7.06. The lowest BCUT2D eigenvalue weighted by atomic mass is 9.95. The van der Waals surface area contributed by atoms with Crippen LogP contribution in [0.1, 0.15) is 38.6 Å². The number of rotatable bonds is 4. The summed E-state index contributed by atoms with van der Waals surface area (Å²) in [6.07, 6.45) is 1.24. The van der Waals surface area contributed by atoms with Crippen LogP contribution in [0.25, 0.3) is 0 Å². The maximum atomic E-state index is 5.59. The summed E-state index contributed by atoms with van der Waals surface area (Å²) in [5.41, 5.74) is 3.55. The fourth-order valence-corrected chi connectivity index (χ4v) is 2.60. The van der Waals surface area contributed by atoms with Crippen molar-refractivity contribution >= 4 is 11.6 Å². The Morgan fingerprint density at radius 3 is 2.48 bits per heavy atom. The van der Waals surface area contributed by atoms with Crippen LogP contribution >= 0.6 is 0 Å². The number of nitrogen functional groups attached to an aromatic ring is 1. The highest BCUT2D eigenvalue weighted by molar-refractivity contribution is 5.57. The Bertz CT molecular complexity index is 494. The Morgan fingerprint density at radius 2 is 1.95 bits per heavy atom. The SMILES string of the molecule is Cc1c(NN)nc(C(C)(C)C)nc1NCC1CCN(C)C1. The fourth-order valence-electron chi connectivity index (χ4n) is 2.60. The zero-order chi connectivity index (χ0) is 15.6. The van der Waals surface area contributed by atoms with E-state index in [0.29, 0.717) is 11.7 Å². The first-order valence-corrected chi connectivity index (χ1v) is 7.59. The lowest BCUT2D eigenvalue weighted by Crippen LogP contribution is -2.23. The molecule has 1 atom stereocenters. The Balaban J connectivity index is 2.17. The largest absolute Gasteiger partial charge is 0.369 e. The standard InChI is InChI=1S/C15H28N6/c1-10-12(17-8-11-6-7-21(5)9-11)18-14(15(2,3)4)19-13(10)20-16/h11H,6-9,16H2,1-5H3,(H2,17,18,19,20). The normalized spacial score (nSPS) is 19.8. The number of aromatic nitrogens is 2. The zero-order valence-electron chi connectivity index (χ0n) is 13.8. The van der Waals surface area contributed by atoms with Crippen molar-refractivity contribution in [3.63, 3.8) is 0 Å². The Hall–Kier alpha value is -1.40. The van der Waals surface area contributed by atoms with Crippen molar-refractivity contribution in [3.8, 4) is 0 Å². The molecule has 118 valence electrons. The molecule has 1 saturated heterocycles. The minimum Gasteiger partial charge on any atom is -0.369 e. The van der Waals surface area contributed by atoms with E-state index in [0.717, 1.165) is 30.3 Å². The highest BCUT2D eigenvalue weighted by Gasteiger charge is 2.23. The monoisotopic (exact) mass is 292 g/mol. The van der Waals surface area contributed by atoms with Crippen molar-refractivity contribution in [2.45, 2.75) is 39.5 Å². The van der Waals surface area contributed by atoms with Gasteiger partial charge >= 0.3 is 0 Å². The topological polar surface area (TPSA) is 79.1 Å². The van der Waals surface area contributed by atoms with E-state index in [1.54, 1.807) is 0 Å². The Morgan fingerprint density at radius 1 is 1.29 bits per heavy atom. The predicted molar refractivity (Wildman–Crippen MR) is 87.4 cm³/mol. The molecule has 0 spiro atoms. The van der Waals surface area contributed by atoms with Gasteiger partial charge in [-0.3, -0.25) is 0 Å². The zero-order valence-corrected chi connectivity index (χ0v) is 13.8. The van der Waals surface area contributed by atoms with Gasteiger partial charge in [0, 0.05) is 24.1 Å². The third kappa shape index (κ3) is 3.83. The molecule has 0 aromatic carbocycles. The number of hydrogen-bond donors (Lipinski definition) is 3. The molecule has 1 unspecified atom stereocenters. The molecule has 1 aliphatic heterocycles. The molecule has 1 aromatic heterocycles. The molecule has 6 nitrogen and oxygen atoms in total. The van der Waals surface area contributed by atoms with Gasteiger partial charge in [0.15, 0.2) is 0 Å². The summed E-state index contributed by atoms with van der Waals surface area (Å²) < 4.78 is 0. The molecular formula is C15H28N6. The van der Waals surface area contributed by atoms with Gasteiger partial charge in [-0.2, -0.15) is 0 Å². The third-order valence-corrected chi connectivity index (χ3v) is 4.00. The van der Waals surface area contributed by atoms with Gasteiger partial charge in [-0.15, -0.1) is 0 Å². The van der Waals surface area contributed by atoms with Gasteiger partial charge in [0.1, 0.15) is 17.5 Å². The summed E-state index contributed by atoms with van der Waals surface area (Å²) in [5.74, 6) is 8.65. The van der Waals surface area contributed by atoms with E-state index in [1.807, 2.05) is 6.92 Å². The molecule has 2 heterocycles. The maximum absolute atomic E-state index is 5.59. The maximum Gasteiger partial charge on any atom is 0.148 e. The molecule has 4 N–H and O–H groups in total. The van der Waals surface area contributed by atoms with Gasteiger partial charge < -0.3 is 15.6 Å². The smallest absolute Gasteiger partial charge is 0.148 e. The molecule has 0 amide bonds. The lowest BCUT2D eigenvalue weighted by Gasteiger charge is -2.21. The molecule has 2 rings (SSSR count). The van der Waals surface area contributed by atoms with E-state index in [1.165, 1.54) is 13.0 Å². The minimum atomic E-state index is -0.108. The van der Waals surface area contributed by atoms with Crippen molar-refractivity contribution in [2.24, 2.45) is 11.8 Å². The van der Waals surface area contributed by atoms with Crippen molar-refractivity contribution < 1.29 is 0 Å². The highest BCUT2D eigenvalue weighted by Crippen LogP contribution is 2.26. The van der Waals surface area contributed by atoms with Crippen molar-refractivity contribution in [3.05, 3.63) is 11.4 Å². The van der Waals surface area contributed by atoms with Crippen LogP contribution in [0, 0.1) is 12.8 Å². The molecule has 0 saturated carbocycles. The number of hydrogen-bond acceptors (Lipinski definition) is 6. The number of hydrazine groups is 1. The summed E-state index contributed by atoms with van der Waals surface area (Å²) in [6.45, 7) is 11.6. The van der Waals surface area contributed by atoms with Crippen LogP contribution in [0.2, 0.25) is 0 Å². The Labute approximate surface area is 127 Å². The molecular weight excluding hydrogens is 264 g/mol.